The summed E-state index contributed by atoms with van der Waals surface area (Å²) in [7, 11) is -1.47. The first-order valence-electron chi connectivity index (χ1n) is 6.99. The topological polar surface area (TPSA) is 98.8 Å². The molecule has 0 fully saturated rings. The highest BCUT2D eigenvalue weighted by atomic mass is 32.2. The number of rotatable bonds is 7. The Labute approximate surface area is 136 Å². The predicted octanol–water partition coefficient (Wildman–Crippen LogP) is 1.34. The molecule has 1 atom stereocenters. The fourth-order valence-electron chi connectivity index (χ4n) is 1.95. The van der Waals surface area contributed by atoms with Gasteiger partial charge in [0.1, 0.15) is 6.04 Å². The summed E-state index contributed by atoms with van der Waals surface area (Å²) < 4.78 is 36.2. The Balaban J connectivity index is 3.00. The summed E-state index contributed by atoms with van der Waals surface area (Å²) in [6, 6.07) is 4.27. The van der Waals surface area contributed by atoms with E-state index in [1.807, 2.05) is 13.8 Å². The lowest BCUT2D eigenvalue weighted by molar-refractivity contribution is -0.143. The first-order chi connectivity index (χ1) is 10.7. The lowest BCUT2D eigenvalue weighted by Crippen LogP contribution is -2.42. The summed E-state index contributed by atoms with van der Waals surface area (Å²) in [6.07, 6.45) is 0.312. The highest BCUT2D eigenvalue weighted by Crippen LogP contribution is 2.14. The minimum atomic E-state index is -3.91. The van der Waals surface area contributed by atoms with E-state index in [4.69, 9.17) is 0 Å². The minimum Gasteiger partial charge on any atom is -0.468 e. The van der Waals surface area contributed by atoms with E-state index >= 15 is 0 Å². The van der Waals surface area contributed by atoms with Gasteiger partial charge in [0.2, 0.25) is 10.0 Å². The highest BCUT2D eigenvalue weighted by Gasteiger charge is 2.27. The van der Waals surface area contributed by atoms with Gasteiger partial charge in [-0.05, 0) is 36.6 Å². The second-order valence-electron chi connectivity index (χ2n) is 5.34. The van der Waals surface area contributed by atoms with Gasteiger partial charge in [0.25, 0.3) is 0 Å². The quantitative estimate of drug-likeness (QED) is 0.750. The van der Waals surface area contributed by atoms with Crippen LogP contribution in [0.2, 0.25) is 0 Å². The van der Waals surface area contributed by atoms with Gasteiger partial charge in [-0.15, -0.1) is 0 Å². The summed E-state index contributed by atoms with van der Waals surface area (Å²) >= 11 is 0. The van der Waals surface area contributed by atoms with Gasteiger partial charge in [0, 0.05) is 0 Å². The van der Waals surface area contributed by atoms with Gasteiger partial charge in [0.15, 0.2) is 0 Å². The molecule has 1 rings (SSSR count). The summed E-state index contributed by atoms with van der Waals surface area (Å²) in [5, 5.41) is 0. The number of carbonyl (C=O) groups excluding carboxylic acids is 2. The number of benzene rings is 1. The largest absolute Gasteiger partial charge is 0.468 e. The molecule has 0 aromatic heterocycles. The molecule has 128 valence electrons. The molecule has 0 aliphatic rings. The number of carbonyl (C=O) groups is 2. The molecule has 0 saturated heterocycles. The Kier molecular flexibility index (Phi) is 6.71. The maximum atomic E-state index is 12.4. The second-order valence-corrected chi connectivity index (χ2v) is 7.06. The Hall–Kier alpha value is -1.93. The van der Waals surface area contributed by atoms with Crippen LogP contribution < -0.4 is 4.72 Å². The lowest BCUT2D eigenvalue weighted by atomic mass is 10.1. The third-order valence-electron chi connectivity index (χ3n) is 3.08. The lowest BCUT2D eigenvalue weighted by Gasteiger charge is -2.18. The van der Waals surface area contributed by atoms with Crippen LogP contribution in [-0.2, 0) is 24.3 Å². The van der Waals surface area contributed by atoms with Gasteiger partial charge in [-0.2, -0.15) is 4.72 Å². The fourth-order valence-corrected chi connectivity index (χ4v) is 3.15. The van der Waals surface area contributed by atoms with E-state index in [0.29, 0.717) is 6.42 Å². The van der Waals surface area contributed by atoms with Crippen LogP contribution in [0.25, 0.3) is 0 Å². The van der Waals surface area contributed by atoms with Crippen molar-refractivity contribution < 1.29 is 27.5 Å². The fraction of sp³-hybridized carbons (Fsp3) is 0.467. The molecule has 1 aromatic rings. The standard InChI is InChI=1S/C15H21NO6S/c1-10(2)9-13(15(18)22-4)16-23(19,20)12-7-5-11(6-8-12)14(17)21-3/h5-8,10,13,16H,9H2,1-4H3/t13-/m1/s1. The maximum absolute atomic E-state index is 12.4. The van der Waals surface area contributed by atoms with Crippen molar-refractivity contribution in [3.63, 3.8) is 0 Å². The van der Waals surface area contributed by atoms with Gasteiger partial charge < -0.3 is 9.47 Å². The van der Waals surface area contributed by atoms with Crippen LogP contribution in [0.5, 0.6) is 0 Å². The molecule has 0 saturated carbocycles. The van der Waals surface area contributed by atoms with Crippen LogP contribution in [0.1, 0.15) is 30.6 Å². The molecule has 8 heteroatoms. The molecule has 7 nitrogen and oxygen atoms in total. The zero-order valence-electron chi connectivity index (χ0n) is 13.5. The number of hydrogen-bond donors (Lipinski definition) is 1. The zero-order valence-corrected chi connectivity index (χ0v) is 14.3. The Morgan fingerprint density at radius 3 is 2.09 bits per heavy atom. The van der Waals surface area contributed by atoms with Crippen LogP contribution >= 0.6 is 0 Å². The van der Waals surface area contributed by atoms with Crippen molar-refractivity contribution in [3.8, 4) is 0 Å². The molecule has 1 aromatic carbocycles. The summed E-state index contributed by atoms with van der Waals surface area (Å²) in [4.78, 5) is 23.0. The van der Waals surface area contributed by atoms with Crippen LogP contribution in [0.4, 0.5) is 0 Å². The SMILES string of the molecule is COC(=O)c1ccc(S(=O)(=O)N[C@H](CC(C)C)C(=O)OC)cc1. The molecular formula is C15H21NO6S. The first-order valence-corrected chi connectivity index (χ1v) is 8.48. The van der Waals surface area contributed by atoms with Crippen molar-refractivity contribution in [2.75, 3.05) is 14.2 Å². The smallest absolute Gasteiger partial charge is 0.337 e. The summed E-state index contributed by atoms with van der Waals surface area (Å²) in [5.74, 6) is -1.11. The average Bonchev–Trinajstić information content (AvgIpc) is 2.52. The number of methoxy groups -OCH3 is 2. The van der Waals surface area contributed by atoms with E-state index < -0.39 is 28.0 Å². The molecule has 0 radical (unpaired) electrons. The first kappa shape index (κ1) is 19.1. The van der Waals surface area contributed by atoms with E-state index in [1.54, 1.807) is 0 Å². The van der Waals surface area contributed by atoms with Crippen LogP contribution in [0.15, 0.2) is 29.2 Å². The molecule has 0 spiro atoms. The van der Waals surface area contributed by atoms with Crippen LogP contribution in [0.3, 0.4) is 0 Å². The molecule has 1 N–H and O–H groups in total. The van der Waals surface area contributed by atoms with E-state index in [0.717, 1.165) is 0 Å². The van der Waals surface area contributed by atoms with Gasteiger partial charge in [-0.3, -0.25) is 4.79 Å². The third-order valence-corrected chi connectivity index (χ3v) is 4.56. The zero-order chi connectivity index (χ0) is 17.6. The number of nitrogens with one attached hydrogen (secondary N) is 1. The number of sulfonamides is 1. The van der Waals surface area contributed by atoms with Crippen molar-refractivity contribution in [1.82, 2.24) is 4.72 Å². The monoisotopic (exact) mass is 343 g/mol. The number of ether oxygens (including phenoxy) is 2. The van der Waals surface area contributed by atoms with Gasteiger partial charge in [0.05, 0.1) is 24.7 Å². The molecule has 0 amide bonds. The van der Waals surface area contributed by atoms with Crippen LogP contribution in [-0.4, -0.2) is 40.6 Å². The highest BCUT2D eigenvalue weighted by molar-refractivity contribution is 7.89. The van der Waals surface area contributed by atoms with E-state index in [9.17, 15) is 18.0 Å². The Bertz CT molecular complexity index is 651. The molecule has 0 aliphatic heterocycles. The van der Waals surface area contributed by atoms with Crippen molar-refractivity contribution in [1.29, 1.82) is 0 Å². The van der Waals surface area contributed by atoms with Gasteiger partial charge >= 0.3 is 11.9 Å². The minimum absolute atomic E-state index is 0.0530. The van der Waals surface area contributed by atoms with Crippen molar-refractivity contribution in [2.24, 2.45) is 5.92 Å². The van der Waals surface area contributed by atoms with E-state index in [2.05, 4.69) is 14.2 Å². The third kappa shape index (κ3) is 5.33. The summed E-state index contributed by atoms with van der Waals surface area (Å²) in [6.45, 7) is 3.74. The van der Waals surface area contributed by atoms with E-state index in [1.165, 1.54) is 38.5 Å². The van der Waals surface area contributed by atoms with Gasteiger partial charge in [-0.25, -0.2) is 13.2 Å². The summed E-state index contributed by atoms with van der Waals surface area (Å²) in [5.41, 5.74) is 0.234. The average molecular weight is 343 g/mol. The molecule has 0 unspecified atom stereocenters. The van der Waals surface area contributed by atoms with Crippen molar-refractivity contribution >= 4 is 22.0 Å². The Morgan fingerprint density at radius 1 is 1.09 bits per heavy atom. The molecule has 23 heavy (non-hydrogen) atoms. The number of hydrogen-bond acceptors (Lipinski definition) is 6. The van der Waals surface area contributed by atoms with Crippen LogP contribution in [0, 0.1) is 5.92 Å². The van der Waals surface area contributed by atoms with Crippen molar-refractivity contribution in [2.45, 2.75) is 31.2 Å². The predicted molar refractivity (Wildman–Crippen MR) is 83.4 cm³/mol. The number of esters is 2. The molecule has 0 heterocycles. The molecule has 0 bridgehead atoms. The van der Waals surface area contributed by atoms with Crippen molar-refractivity contribution in [3.05, 3.63) is 29.8 Å². The molecular weight excluding hydrogens is 322 g/mol. The normalized spacial score (nSPS) is 12.7. The van der Waals surface area contributed by atoms with Gasteiger partial charge in [-0.1, -0.05) is 13.8 Å². The Morgan fingerprint density at radius 2 is 1.65 bits per heavy atom. The second kappa shape index (κ2) is 8.07. The maximum Gasteiger partial charge on any atom is 0.337 e. The van der Waals surface area contributed by atoms with E-state index in [-0.39, 0.29) is 16.4 Å². The molecule has 0 aliphatic carbocycles.